The number of carboxylic acids is 1. The van der Waals surface area contributed by atoms with Gasteiger partial charge in [0.15, 0.2) is 11.5 Å². The summed E-state index contributed by atoms with van der Waals surface area (Å²) in [5.74, 6) is -0.680. The van der Waals surface area contributed by atoms with E-state index in [1.54, 1.807) is 14.2 Å². The van der Waals surface area contributed by atoms with Gasteiger partial charge < -0.3 is 24.3 Å². The van der Waals surface area contributed by atoms with Crippen molar-refractivity contribution in [2.45, 2.75) is 24.9 Å². The Morgan fingerprint density at radius 1 is 1.09 bits per heavy atom. The third-order valence-electron chi connectivity index (χ3n) is 5.21. The monoisotopic (exact) mass is 451 g/mol. The maximum absolute atomic E-state index is 10.6. The number of aromatic nitrogens is 2. The number of ether oxygens (including phenoxy) is 2. The molecule has 4 rings (SSSR count). The number of fused-ring (bicyclic) bond motifs is 1. The minimum atomic E-state index is -5.08. The number of hydrogen-bond donors (Lipinski definition) is 2. The maximum atomic E-state index is 10.6. The van der Waals surface area contributed by atoms with Gasteiger partial charge >= 0.3 is 12.1 Å². The van der Waals surface area contributed by atoms with E-state index in [0.29, 0.717) is 11.7 Å². The summed E-state index contributed by atoms with van der Waals surface area (Å²) in [6.45, 7) is 2.20. The van der Waals surface area contributed by atoms with Gasteiger partial charge in [-0.25, -0.2) is 9.78 Å². The second-order valence-electron chi connectivity index (χ2n) is 7.25. The minimum absolute atomic E-state index is 0.637. The molecule has 0 amide bonds. The van der Waals surface area contributed by atoms with E-state index in [1.807, 2.05) is 18.2 Å². The van der Waals surface area contributed by atoms with Crippen molar-refractivity contribution in [2.24, 2.45) is 0 Å². The van der Waals surface area contributed by atoms with Crippen molar-refractivity contribution in [1.82, 2.24) is 14.7 Å². The zero-order valence-corrected chi connectivity index (χ0v) is 17.6. The number of carbonyl (C=O) groups is 1. The quantitative estimate of drug-likeness (QED) is 0.621. The Kier molecular flexibility index (Phi) is 7.24. The molecule has 2 aromatic heterocycles. The van der Waals surface area contributed by atoms with Gasteiger partial charge in [0.1, 0.15) is 5.65 Å². The first kappa shape index (κ1) is 23.4. The Labute approximate surface area is 182 Å². The molecule has 1 fully saturated rings. The zero-order chi connectivity index (χ0) is 23.3. The maximum Gasteiger partial charge on any atom is 0.490 e. The highest BCUT2D eigenvalue weighted by Gasteiger charge is 2.38. The van der Waals surface area contributed by atoms with Crippen molar-refractivity contribution in [1.29, 1.82) is 0 Å². The van der Waals surface area contributed by atoms with Gasteiger partial charge in [-0.3, -0.25) is 0 Å². The largest absolute Gasteiger partial charge is 0.493 e. The average molecular weight is 451 g/mol. The van der Waals surface area contributed by atoms with Crippen molar-refractivity contribution >= 4 is 11.6 Å². The number of rotatable bonds is 4. The molecule has 0 atom stereocenters. The van der Waals surface area contributed by atoms with Gasteiger partial charge in [-0.05, 0) is 61.7 Å². The van der Waals surface area contributed by atoms with Crippen LogP contribution in [0.4, 0.5) is 13.2 Å². The summed E-state index contributed by atoms with van der Waals surface area (Å²) in [5.41, 5.74) is 4.31. The Morgan fingerprint density at radius 2 is 1.75 bits per heavy atom. The number of imidazole rings is 1. The summed E-state index contributed by atoms with van der Waals surface area (Å²) in [7, 11) is 3.29. The topological polar surface area (TPSA) is 85.1 Å². The summed E-state index contributed by atoms with van der Waals surface area (Å²) in [5, 5.41) is 10.6. The Hall–Kier alpha value is -3.27. The second-order valence-corrected chi connectivity index (χ2v) is 7.25. The molecule has 1 aliphatic heterocycles. The highest BCUT2D eigenvalue weighted by molar-refractivity contribution is 5.73. The predicted octanol–water partition coefficient (Wildman–Crippen LogP) is 4.12. The predicted molar refractivity (Wildman–Crippen MR) is 112 cm³/mol. The molecular formula is C22H24F3N3O4. The van der Waals surface area contributed by atoms with E-state index in [0.717, 1.165) is 35.7 Å². The standard InChI is InChI=1S/C20H23N3O2.C2HF3O2/c1-24-18-5-3-15(11-19(18)25-2)17-13-23-12-16(4-6-20(23)22-17)14-7-9-21-10-8-14;3-2(4,5)1(6)7/h3-6,11-14,21H,7-10H2,1-2H3;(H,6,7). The SMILES string of the molecule is COc1ccc(-c2cn3cc(C4CCNCC4)ccc3n2)cc1OC.O=C(O)C(F)(F)F. The van der Waals surface area contributed by atoms with Gasteiger partial charge in [-0.2, -0.15) is 13.2 Å². The highest BCUT2D eigenvalue weighted by Crippen LogP contribution is 2.32. The number of piperidine rings is 1. The Morgan fingerprint density at radius 3 is 2.34 bits per heavy atom. The molecular weight excluding hydrogens is 427 g/mol. The van der Waals surface area contributed by atoms with Crippen molar-refractivity contribution in [2.75, 3.05) is 27.3 Å². The fourth-order valence-electron chi connectivity index (χ4n) is 3.54. The van der Waals surface area contributed by atoms with E-state index in [1.165, 1.54) is 18.4 Å². The molecule has 0 saturated carbocycles. The second kappa shape index (κ2) is 9.90. The number of nitrogens with one attached hydrogen (secondary N) is 1. The van der Waals surface area contributed by atoms with Crippen LogP contribution >= 0.6 is 0 Å². The number of halogens is 3. The van der Waals surface area contributed by atoms with Crippen molar-refractivity contribution < 1.29 is 32.5 Å². The van der Waals surface area contributed by atoms with Crippen LogP contribution in [0, 0.1) is 0 Å². The first-order valence-electron chi connectivity index (χ1n) is 9.94. The normalized spacial score (nSPS) is 14.5. The molecule has 2 N–H and O–H groups in total. The van der Waals surface area contributed by atoms with Crippen LogP contribution < -0.4 is 14.8 Å². The van der Waals surface area contributed by atoms with E-state index < -0.39 is 12.1 Å². The summed E-state index contributed by atoms with van der Waals surface area (Å²) in [6, 6.07) is 10.2. The molecule has 172 valence electrons. The van der Waals surface area contributed by atoms with Crippen LogP contribution in [0.2, 0.25) is 0 Å². The summed E-state index contributed by atoms with van der Waals surface area (Å²) in [6.07, 6.45) is 1.62. The van der Waals surface area contributed by atoms with E-state index in [4.69, 9.17) is 24.4 Å². The molecule has 10 heteroatoms. The van der Waals surface area contributed by atoms with E-state index in [2.05, 4.69) is 34.2 Å². The van der Waals surface area contributed by atoms with Gasteiger partial charge in [0.05, 0.1) is 19.9 Å². The van der Waals surface area contributed by atoms with Gasteiger partial charge in [-0.15, -0.1) is 0 Å². The van der Waals surface area contributed by atoms with Crippen LogP contribution in [0.15, 0.2) is 42.7 Å². The number of alkyl halides is 3. The Balaban J connectivity index is 0.000000360. The molecule has 1 aromatic carbocycles. The van der Waals surface area contributed by atoms with Crippen LogP contribution in [0.5, 0.6) is 11.5 Å². The lowest BCUT2D eigenvalue weighted by Gasteiger charge is -2.22. The fourth-order valence-corrected chi connectivity index (χ4v) is 3.54. The van der Waals surface area contributed by atoms with E-state index in [-0.39, 0.29) is 0 Å². The number of carboxylic acid groups (broad SMARTS) is 1. The molecule has 3 heterocycles. The number of hydrogen-bond acceptors (Lipinski definition) is 5. The highest BCUT2D eigenvalue weighted by atomic mass is 19.4. The van der Waals surface area contributed by atoms with Gasteiger partial charge in [-0.1, -0.05) is 6.07 Å². The summed E-state index contributed by atoms with van der Waals surface area (Å²) >= 11 is 0. The molecule has 0 radical (unpaired) electrons. The van der Waals surface area contributed by atoms with Crippen LogP contribution in [0.25, 0.3) is 16.9 Å². The van der Waals surface area contributed by atoms with Gasteiger partial charge in [0.25, 0.3) is 0 Å². The Bertz CT molecular complexity index is 1080. The van der Waals surface area contributed by atoms with Gasteiger partial charge in [0.2, 0.25) is 0 Å². The van der Waals surface area contributed by atoms with Crippen molar-refractivity contribution in [3.8, 4) is 22.8 Å². The fraction of sp³-hybridized carbons (Fsp3) is 0.364. The number of methoxy groups -OCH3 is 2. The van der Waals surface area contributed by atoms with Crippen LogP contribution in [-0.4, -0.2) is 53.9 Å². The molecule has 0 aliphatic carbocycles. The number of pyridine rings is 1. The minimum Gasteiger partial charge on any atom is -0.493 e. The first-order chi connectivity index (χ1) is 15.2. The zero-order valence-electron chi connectivity index (χ0n) is 17.6. The molecule has 32 heavy (non-hydrogen) atoms. The molecule has 3 aromatic rings. The van der Waals surface area contributed by atoms with E-state index in [9.17, 15) is 13.2 Å². The molecule has 1 saturated heterocycles. The third kappa shape index (κ3) is 5.50. The molecule has 0 spiro atoms. The number of aliphatic carboxylic acids is 1. The van der Waals surface area contributed by atoms with Crippen molar-refractivity contribution in [3.63, 3.8) is 0 Å². The molecule has 0 bridgehead atoms. The summed E-state index contributed by atoms with van der Waals surface area (Å²) < 4.78 is 44.6. The van der Waals surface area contributed by atoms with E-state index >= 15 is 0 Å². The number of benzene rings is 1. The van der Waals surface area contributed by atoms with Crippen LogP contribution in [-0.2, 0) is 4.79 Å². The lowest BCUT2D eigenvalue weighted by atomic mass is 9.91. The first-order valence-corrected chi connectivity index (χ1v) is 9.94. The lowest BCUT2D eigenvalue weighted by molar-refractivity contribution is -0.192. The van der Waals surface area contributed by atoms with Gasteiger partial charge in [0, 0.05) is 18.0 Å². The smallest absolute Gasteiger partial charge is 0.490 e. The average Bonchev–Trinajstić information content (AvgIpc) is 3.22. The summed E-state index contributed by atoms with van der Waals surface area (Å²) in [4.78, 5) is 13.7. The number of nitrogens with zero attached hydrogens (tertiary/aromatic N) is 2. The molecule has 1 aliphatic rings. The molecule has 7 nitrogen and oxygen atoms in total. The lowest BCUT2D eigenvalue weighted by Crippen LogP contribution is -2.26. The van der Waals surface area contributed by atoms with Crippen molar-refractivity contribution in [3.05, 3.63) is 48.3 Å². The third-order valence-corrected chi connectivity index (χ3v) is 5.21. The van der Waals surface area contributed by atoms with Crippen LogP contribution in [0.1, 0.15) is 24.3 Å². The molecule has 0 unspecified atom stereocenters. The van der Waals surface area contributed by atoms with Crippen LogP contribution in [0.3, 0.4) is 0 Å².